The summed E-state index contributed by atoms with van der Waals surface area (Å²) in [5, 5.41) is 13.4. The molecule has 3 aromatic rings. The van der Waals surface area contributed by atoms with Gasteiger partial charge in [-0.1, -0.05) is 50.2 Å². The Kier molecular flexibility index (Phi) is 9.74. The van der Waals surface area contributed by atoms with Gasteiger partial charge in [-0.05, 0) is 85.7 Å². The van der Waals surface area contributed by atoms with Crippen LogP contribution in [0.25, 0.3) is 0 Å². The molecule has 204 valence electrons. The number of anilines is 2. The van der Waals surface area contributed by atoms with Crippen molar-refractivity contribution in [1.29, 1.82) is 0 Å². The number of aliphatic carboxylic acids is 1. The van der Waals surface area contributed by atoms with Crippen LogP contribution in [0.5, 0.6) is 5.75 Å². The van der Waals surface area contributed by atoms with Crippen LogP contribution in [0, 0.1) is 19.3 Å². The highest BCUT2D eigenvalue weighted by Gasteiger charge is 2.40. The van der Waals surface area contributed by atoms with Gasteiger partial charge in [0.15, 0.2) is 0 Å². The van der Waals surface area contributed by atoms with Crippen LogP contribution < -0.4 is 15.8 Å². The summed E-state index contributed by atoms with van der Waals surface area (Å²) < 4.78 is 8.24. The first-order valence-electron chi connectivity index (χ1n) is 13.2. The van der Waals surface area contributed by atoms with E-state index >= 15 is 0 Å². The number of carboxylic acid groups (broad SMARTS) is 1. The lowest BCUT2D eigenvalue weighted by Gasteiger charge is -2.33. The molecule has 0 bridgehead atoms. The Bertz CT molecular complexity index is 1280. The van der Waals surface area contributed by atoms with E-state index in [4.69, 9.17) is 10.5 Å². The minimum atomic E-state index is -1.05. The molecule has 0 saturated heterocycles. The van der Waals surface area contributed by atoms with Crippen molar-refractivity contribution in [2.45, 2.75) is 58.9 Å². The van der Waals surface area contributed by atoms with Crippen molar-refractivity contribution in [3.05, 3.63) is 82.4 Å². The van der Waals surface area contributed by atoms with Gasteiger partial charge in [-0.15, -0.1) is 0 Å². The van der Waals surface area contributed by atoms with Gasteiger partial charge >= 0.3 is 5.97 Å². The molecular formula is C31H41N3O3S. The first-order valence-corrected chi connectivity index (χ1v) is 13.9. The molecule has 4 rings (SSSR count). The van der Waals surface area contributed by atoms with E-state index in [0.717, 1.165) is 46.1 Å². The molecule has 0 saturated carbocycles. The SMILES string of the molecule is CC.CNc1ccc(C(c2ccc(C)c(CN3CCOc4ccccc4S3)c2)C(C)(C)C(=O)O)c(C)c1N. The number of nitrogens with one attached hydrogen (secondary N) is 1. The molecule has 6 nitrogen and oxygen atoms in total. The fourth-order valence-corrected chi connectivity index (χ4v) is 5.82. The van der Waals surface area contributed by atoms with Crippen molar-refractivity contribution in [2.24, 2.45) is 5.41 Å². The molecule has 0 spiro atoms. The van der Waals surface area contributed by atoms with E-state index in [0.29, 0.717) is 12.3 Å². The van der Waals surface area contributed by atoms with E-state index in [-0.39, 0.29) is 5.92 Å². The zero-order valence-corrected chi connectivity index (χ0v) is 24.4. The lowest BCUT2D eigenvalue weighted by atomic mass is 9.69. The maximum Gasteiger partial charge on any atom is 0.310 e. The van der Waals surface area contributed by atoms with Gasteiger partial charge < -0.3 is 20.9 Å². The lowest BCUT2D eigenvalue weighted by molar-refractivity contribution is -0.147. The third-order valence-electron chi connectivity index (χ3n) is 7.14. The third-order valence-corrected chi connectivity index (χ3v) is 8.24. The highest BCUT2D eigenvalue weighted by molar-refractivity contribution is 7.97. The Morgan fingerprint density at radius 2 is 1.87 bits per heavy atom. The van der Waals surface area contributed by atoms with Crippen molar-refractivity contribution < 1.29 is 14.6 Å². The average molecular weight is 536 g/mol. The molecule has 0 fully saturated rings. The van der Waals surface area contributed by atoms with Crippen LogP contribution in [0.3, 0.4) is 0 Å². The number of hydrogen-bond donors (Lipinski definition) is 3. The number of hydrogen-bond acceptors (Lipinski definition) is 6. The molecule has 1 aliphatic rings. The minimum absolute atomic E-state index is 0.372. The number of nitrogens with two attached hydrogens (primary N) is 1. The largest absolute Gasteiger partial charge is 0.491 e. The smallest absolute Gasteiger partial charge is 0.310 e. The molecule has 38 heavy (non-hydrogen) atoms. The van der Waals surface area contributed by atoms with E-state index < -0.39 is 11.4 Å². The summed E-state index contributed by atoms with van der Waals surface area (Å²) >= 11 is 1.70. The quantitative estimate of drug-likeness (QED) is 0.220. The first-order chi connectivity index (χ1) is 18.1. The van der Waals surface area contributed by atoms with Crippen molar-refractivity contribution in [3.8, 4) is 5.75 Å². The second kappa shape index (κ2) is 12.6. The Morgan fingerprint density at radius 1 is 1.16 bits per heavy atom. The normalized spacial score (nSPS) is 14.3. The predicted molar refractivity (Wildman–Crippen MR) is 159 cm³/mol. The minimum Gasteiger partial charge on any atom is -0.491 e. The van der Waals surface area contributed by atoms with E-state index in [1.807, 2.05) is 58.2 Å². The number of rotatable bonds is 7. The van der Waals surface area contributed by atoms with Gasteiger partial charge in [-0.2, -0.15) is 0 Å². The molecular weight excluding hydrogens is 494 g/mol. The van der Waals surface area contributed by atoms with Gasteiger partial charge in [0.1, 0.15) is 12.4 Å². The molecule has 0 aliphatic carbocycles. The molecule has 1 heterocycles. The average Bonchev–Trinajstić information content (AvgIpc) is 3.11. The van der Waals surface area contributed by atoms with Crippen LogP contribution >= 0.6 is 11.9 Å². The van der Waals surface area contributed by atoms with Crippen LogP contribution in [0.2, 0.25) is 0 Å². The standard InChI is InChI=1S/C29H35N3O3S.C2H6/c1-18-10-11-20(16-21(18)17-32-14-15-35-24-8-6-7-9-25(24)36-32)26(29(3,4)28(33)34)22-12-13-23(31-5)27(30)19(22)2;1-2/h6-13,16,26,31H,14-15,17,30H2,1-5H3,(H,33,34);1-2H3. The number of carbonyl (C=O) groups is 1. The molecule has 0 amide bonds. The van der Waals surface area contributed by atoms with Gasteiger partial charge in [-0.25, -0.2) is 4.31 Å². The third kappa shape index (κ3) is 6.11. The molecule has 0 radical (unpaired) electrons. The number of carboxylic acids is 1. The summed E-state index contributed by atoms with van der Waals surface area (Å²) in [7, 11) is 1.83. The van der Waals surface area contributed by atoms with Crippen LogP contribution in [0.1, 0.15) is 61.4 Å². The highest BCUT2D eigenvalue weighted by atomic mass is 32.2. The van der Waals surface area contributed by atoms with Crippen LogP contribution in [-0.4, -0.2) is 35.6 Å². The van der Waals surface area contributed by atoms with Gasteiger partial charge in [-0.3, -0.25) is 4.79 Å². The van der Waals surface area contributed by atoms with Crippen molar-refractivity contribution in [2.75, 3.05) is 31.2 Å². The van der Waals surface area contributed by atoms with Crippen molar-refractivity contribution >= 4 is 29.3 Å². The lowest BCUT2D eigenvalue weighted by Crippen LogP contribution is -2.33. The van der Waals surface area contributed by atoms with Gasteiger partial charge in [0.05, 0.1) is 21.7 Å². The topological polar surface area (TPSA) is 87.8 Å². The second-order valence-corrected chi connectivity index (χ2v) is 11.0. The Balaban J connectivity index is 0.00000195. The molecule has 7 heteroatoms. The predicted octanol–water partition coefficient (Wildman–Crippen LogP) is 7.10. The van der Waals surface area contributed by atoms with Crippen molar-refractivity contribution in [3.63, 3.8) is 0 Å². The zero-order valence-electron chi connectivity index (χ0n) is 23.6. The van der Waals surface area contributed by atoms with E-state index in [1.165, 1.54) is 11.1 Å². The van der Waals surface area contributed by atoms with Crippen molar-refractivity contribution in [1.82, 2.24) is 4.31 Å². The van der Waals surface area contributed by atoms with Gasteiger partial charge in [0, 0.05) is 26.1 Å². The molecule has 4 N–H and O–H groups in total. The Morgan fingerprint density at radius 3 is 2.55 bits per heavy atom. The van der Waals surface area contributed by atoms with E-state index in [9.17, 15) is 9.90 Å². The maximum absolute atomic E-state index is 12.5. The zero-order chi connectivity index (χ0) is 28.0. The number of para-hydroxylation sites is 1. The van der Waals surface area contributed by atoms with Gasteiger partial charge in [0.25, 0.3) is 0 Å². The number of benzene rings is 3. The maximum atomic E-state index is 12.5. The number of ether oxygens (including phenoxy) is 1. The van der Waals surface area contributed by atoms with Crippen LogP contribution in [0.4, 0.5) is 11.4 Å². The number of fused-ring (bicyclic) bond motifs is 1. The summed E-state index contributed by atoms with van der Waals surface area (Å²) in [6.45, 7) is 13.8. The summed E-state index contributed by atoms with van der Waals surface area (Å²) in [5.41, 5.74) is 12.0. The Labute approximate surface area is 231 Å². The number of nitrogen functional groups attached to an aromatic ring is 1. The summed E-state index contributed by atoms with van der Waals surface area (Å²) in [6, 6.07) is 18.4. The fourth-order valence-electron chi connectivity index (χ4n) is 4.81. The van der Waals surface area contributed by atoms with Crippen LogP contribution in [0.15, 0.2) is 59.5 Å². The molecule has 3 aromatic carbocycles. The Hall–Kier alpha value is -3.16. The molecule has 1 unspecified atom stereocenters. The monoisotopic (exact) mass is 535 g/mol. The summed E-state index contributed by atoms with van der Waals surface area (Å²) in [6.07, 6.45) is 0. The summed E-state index contributed by atoms with van der Waals surface area (Å²) in [4.78, 5) is 13.6. The number of aryl methyl sites for hydroxylation is 1. The summed E-state index contributed by atoms with van der Waals surface area (Å²) in [5.74, 6) is -0.303. The van der Waals surface area contributed by atoms with E-state index in [2.05, 4.69) is 40.8 Å². The molecule has 1 atom stereocenters. The van der Waals surface area contributed by atoms with E-state index in [1.54, 1.807) is 25.8 Å². The van der Waals surface area contributed by atoms with Gasteiger partial charge in [0.2, 0.25) is 0 Å². The number of nitrogens with zero attached hydrogens (tertiary/aromatic N) is 1. The second-order valence-electron chi connectivity index (χ2n) is 9.89. The molecule has 1 aliphatic heterocycles. The first kappa shape index (κ1) is 29.4. The fraction of sp³-hybridized carbons (Fsp3) is 0.387. The molecule has 0 aromatic heterocycles. The highest BCUT2D eigenvalue weighted by Crippen LogP contribution is 2.45. The van der Waals surface area contributed by atoms with Crippen LogP contribution in [-0.2, 0) is 11.3 Å².